The van der Waals surface area contributed by atoms with E-state index in [0.29, 0.717) is 11.4 Å². The predicted octanol–water partition coefficient (Wildman–Crippen LogP) is 4.04. The topological polar surface area (TPSA) is 140 Å². The molecule has 1 aliphatic rings. The van der Waals surface area contributed by atoms with Gasteiger partial charge in [0.25, 0.3) is 5.56 Å². The van der Waals surface area contributed by atoms with E-state index in [4.69, 9.17) is 19.8 Å². The Morgan fingerprint density at radius 3 is 1.86 bits per heavy atom. The number of carbonyl (C=O) groups is 2. The monoisotopic (exact) mass is 603 g/mol. The maximum absolute atomic E-state index is 12.0. The number of benzene rings is 1. The fraction of sp³-hybridized carbons (Fsp3) is 0.346. The lowest BCUT2D eigenvalue weighted by Gasteiger charge is -2.35. The highest BCUT2D eigenvalue weighted by atomic mass is 19.4. The first-order valence-corrected chi connectivity index (χ1v) is 12.1. The molecule has 0 aliphatic carbocycles. The zero-order valence-electron chi connectivity index (χ0n) is 22.3. The van der Waals surface area contributed by atoms with Gasteiger partial charge in [0, 0.05) is 55.7 Å². The van der Waals surface area contributed by atoms with Gasteiger partial charge in [0.05, 0.1) is 11.9 Å². The van der Waals surface area contributed by atoms with E-state index in [9.17, 15) is 31.1 Å². The fourth-order valence-corrected chi connectivity index (χ4v) is 3.51. The summed E-state index contributed by atoms with van der Waals surface area (Å²) in [6, 6.07) is 12.4. The van der Waals surface area contributed by atoms with Gasteiger partial charge in [-0.1, -0.05) is 24.3 Å². The normalized spacial score (nSPS) is 13.8. The average Bonchev–Trinajstić information content (AvgIpc) is 2.92. The number of hydrogen-bond acceptors (Lipinski definition) is 7. The molecular weight excluding hydrogens is 576 g/mol. The number of carboxylic acids is 2. The van der Waals surface area contributed by atoms with Crippen LogP contribution < -0.4 is 10.5 Å². The first-order chi connectivity index (χ1) is 19.5. The summed E-state index contributed by atoms with van der Waals surface area (Å²) in [7, 11) is 0. The van der Waals surface area contributed by atoms with Crippen LogP contribution in [0, 0.1) is 13.8 Å². The summed E-state index contributed by atoms with van der Waals surface area (Å²) in [5, 5.41) is 14.2. The Hall–Kier alpha value is -4.47. The van der Waals surface area contributed by atoms with Gasteiger partial charge in [-0.05, 0) is 31.5 Å². The zero-order valence-corrected chi connectivity index (χ0v) is 22.3. The number of aromatic amines is 1. The molecule has 0 unspecified atom stereocenters. The maximum atomic E-state index is 12.0. The molecule has 1 saturated heterocycles. The molecule has 1 fully saturated rings. The lowest BCUT2D eigenvalue weighted by molar-refractivity contribution is -0.193. The van der Waals surface area contributed by atoms with E-state index in [1.54, 1.807) is 6.92 Å². The number of nitrogens with zero attached hydrogens (tertiary/aromatic N) is 4. The predicted molar refractivity (Wildman–Crippen MR) is 139 cm³/mol. The number of carboxylic acid groups (broad SMARTS) is 2. The number of aryl methyl sites for hydroxylation is 1. The first kappa shape index (κ1) is 33.7. The quantitative estimate of drug-likeness (QED) is 0.377. The molecule has 16 heteroatoms. The van der Waals surface area contributed by atoms with E-state index in [2.05, 4.69) is 43.0 Å². The number of piperazine rings is 1. The van der Waals surface area contributed by atoms with Crippen LogP contribution in [-0.4, -0.2) is 80.5 Å². The molecule has 0 bridgehead atoms. The third kappa shape index (κ3) is 10.5. The molecule has 0 saturated carbocycles. The van der Waals surface area contributed by atoms with Crippen LogP contribution in [0.2, 0.25) is 0 Å². The fourth-order valence-electron chi connectivity index (χ4n) is 3.51. The number of aromatic nitrogens is 3. The van der Waals surface area contributed by atoms with E-state index in [-0.39, 0.29) is 5.56 Å². The molecule has 3 aromatic rings. The third-order valence-corrected chi connectivity index (χ3v) is 5.90. The van der Waals surface area contributed by atoms with E-state index in [0.717, 1.165) is 44.0 Å². The lowest BCUT2D eigenvalue weighted by Crippen LogP contribution is -2.45. The zero-order chi connectivity index (χ0) is 31.7. The van der Waals surface area contributed by atoms with Gasteiger partial charge in [-0.25, -0.2) is 14.6 Å². The second kappa shape index (κ2) is 14.4. The molecule has 2 aromatic heterocycles. The highest BCUT2D eigenvalue weighted by molar-refractivity contribution is 5.73. The Morgan fingerprint density at radius 2 is 1.43 bits per heavy atom. The van der Waals surface area contributed by atoms with Crippen molar-refractivity contribution in [1.29, 1.82) is 0 Å². The summed E-state index contributed by atoms with van der Waals surface area (Å²) in [5.41, 5.74) is 4.77. The minimum absolute atomic E-state index is 0.0712. The largest absolute Gasteiger partial charge is 0.490 e. The van der Waals surface area contributed by atoms with Crippen molar-refractivity contribution in [3.05, 3.63) is 76.0 Å². The number of pyridine rings is 1. The average molecular weight is 604 g/mol. The van der Waals surface area contributed by atoms with E-state index < -0.39 is 24.3 Å². The van der Waals surface area contributed by atoms with Gasteiger partial charge in [-0.2, -0.15) is 26.3 Å². The summed E-state index contributed by atoms with van der Waals surface area (Å²) in [5.74, 6) is -4.88. The van der Waals surface area contributed by atoms with Crippen LogP contribution in [0.15, 0.2) is 53.6 Å². The van der Waals surface area contributed by atoms with Crippen molar-refractivity contribution in [2.45, 2.75) is 32.7 Å². The summed E-state index contributed by atoms with van der Waals surface area (Å²) >= 11 is 0. The van der Waals surface area contributed by atoms with Crippen molar-refractivity contribution in [2.24, 2.45) is 0 Å². The summed E-state index contributed by atoms with van der Waals surface area (Å²) in [6.45, 7) is 8.67. The molecule has 42 heavy (non-hydrogen) atoms. The van der Waals surface area contributed by atoms with Crippen molar-refractivity contribution in [2.75, 3.05) is 31.1 Å². The van der Waals surface area contributed by atoms with Gasteiger partial charge in [-0.3, -0.25) is 14.7 Å². The number of H-pyrrole nitrogens is 1. The Balaban J connectivity index is 0.000000367. The second-order valence-corrected chi connectivity index (χ2v) is 8.90. The minimum atomic E-state index is -5.08. The molecule has 0 spiro atoms. The number of rotatable bonds is 4. The van der Waals surface area contributed by atoms with Gasteiger partial charge >= 0.3 is 24.3 Å². The van der Waals surface area contributed by atoms with E-state index in [1.165, 1.54) is 11.3 Å². The van der Waals surface area contributed by atoms with Crippen LogP contribution in [0.3, 0.4) is 0 Å². The molecule has 0 radical (unpaired) electrons. The van der Waals surface area contributed by atoms with Crippen molar-refractivity contribution in [1.82, 2.24) is 19.9 Å². The summed E-state index contributed by atoms with van der Waals surface area (Å²) in [6.07, 6.45) is -6.42. The van der Waals surface area contributed by atoms with Crippen LogP contribution in [0.5, 0.6) is 0 Å². The molecule has 1 aromatic carbocycles. The molecule has 3 N–H and O–H groups in total. The van der Waals surface area contributed by atoms with Crippen molar-refractivity contribution < 1.29 is 46.1 Å². The number of alkyl halides is 6. The number of anilines is 1. The smallest absolute Gasteiger partial charge is 0.475 e. The number of aliphatic carboxylic acids is 2. The van der Waals surface area contributed by atoms with E-state index in [1.807, 2.05) is 37.5 Å². The Kier molecular flexibility index (Phi) is 11.6. The summed E-state index contributed by atoms with van der Waals surface area (Å²) in [4.78, 5) is 46.2. The van der Waals surface area contributed by atoms with Gasteiger partial charge in [0.15, 0.2) is 0 Å². The molecule has 0 amide bonds. The van der Waals surface area contributed by atoms with Gasteiger partial charge in [0.2, 0.25) is 0 Å². The van der Waals surface area contributed by atoms with Crippen LogP contribution in [0.25, 0.3) is 11.4 Å². The minimum Gasteiger partial charge on any atom is -0.475 e. The van der Waals surface area contributed by atoms with Gasteiger partial charge in [0.1, 0.15) is 5.82 Å². The summed E-state index contributed by atoms with van der Waals surface area (Å²) < 4.78 is 63.5. The highest BCUT2D eigenvalue weighted by Crippen LogP contribution is 2.19. The molecular formula is C26H27F6N5O5. The van der Waals surface area contributed by atoms with Crippen molar-refractivity contribution >= 4 is 17.6 Å². The number of halogens is 6. The Morgan fingerprint density at radius 1 is 0.905 bits per heavy atom. The molecule has 4 rings (SSSR count). The lowest BCUT2D eigenvalue weighted by atomic mass is 10.1. The SMILES string of the molecule is Cc1nc(-c2ccc(CN3CCN(c4cccnc4)CC3)cc2)[nH]c(=O)c1C.O=C(O)C(F)(F)F.O=C(O)C(F)(F)F. The van der Waals surface area contributed by atoms with Gasteiger partial charge in [-0.15, -0.1) is 0 Å². The second-order valence-electron chi connectivity index (χ2n) is 8.90. The molecule has 3 heterocycles. The Labute approximate surface area is 235 Å². The number of hydrogen-bond donors (Lipinski definition) is 3. The van der Waals surface area contributed by atoms with Crippen LogP contribution in [0.1, 0.15) is 16.8 Å². The highest BCUT2D eigenvalue weighted by Gasteiger charge is 2.38. The Bertz CT molecular complexity index is 1360. The first-order valence-electron chi connectivity index (χ1n) is 12.1. The van der Waals surface area contributed by atoms with Gasteiger partial charge < -0.3 is 20.1 Å². The van der Waals surface area contributed by atoms with Crippen LogP contribution in [0.4, 0.5) is 32.0 Å². The van der Waals surface area contributed by atoms with Crippen LogP contribution >= 0.6 is 0 Å². The molecule has 228 valence electrons. The molecule has 1 aliphatic heterocycles. The number of nitrogens with one attached hydrogen (secondary N) is 1. The standard InChI is InChI=1S/C22H25N5O.2C2HF3O2/c1-16-17(2)24-21(25-22(16)28)19-7-5-18(6-8-19)15-26-10-12-27(13-11-26)20-4-3-9-23-14-20;2*3-2(4,5)1(6)7/h3-9,14H,10-13,15H2,1-2H3,(H,24,25,28);2*(H,6,7). The molecule has 10 nitrogen and oxygen atoms in total. The third-order valence-electron chi connectivity index (χ3n) is 5.90. The molecule has 0 atom stereocenters. The van der Waals surface area contributed by atoms with Crippen molar-refractivity contribution in [3.8, 4) is 11.4 Å². The van der Waals surface area contributed by atoms with Crippen LogP contribution in [-0.2, 0) is 16.1 Å². The maximum Gasteiger partial charge on any atom is 0.490 e. The van der Waals surface area contributed by atoms with E-state index >= 15 is 0 Å². The van der Waals surface area contributed by atoms with Crippen molar-refractivity contribution in [3.63, 3.8) is 0 Å².